The Morgan fingerprint density at radius 3 is 2.44 bits per heavy atom. The second-order valence-corrected chi connectivity index (χ2v) is 8.92. The highest BCUT2D eigenvalue weighted by Crippen LogP contribution is 2.27. The van der Waals surface area contributed by atoms with Gasteiger partial charge in [0.05, 0.1) is 10.6 Å². The van der Waals surface area contributed by atoms with Crippen LogP contribution in [0, 0.1) is 6.92 Å². The molecule has 2 aromatic rings. The number of carbonyl (C=O) groups is 1. The number of hydrogen-bond donors (Lipinski definition) is 2. The minimum Gasteiger partial charge on any atom is -0.341 e. The first-order valence-corrected chi connectivity index (χ1v) is 11.3. The smallest absolute Gasteiger partial charge is 0.269 e. The van der Waals surface area contributed by atoms with Crippen LogP contribution < -0.4 is 10.5 Å². The van der Waals surface area contributed by atoms with Crippen molar-refractivity contribution in [3.05, 3.63) is 59.8 Å². The van der Waals surface area contributed by atoms with Gasteiger partial charge in [0.2, 0.25) is 15.9 Å². The van der Waals surface area contributed by atoms with Crippen molar-refractivity contribution in [3.8, 4) is 11.3 Å². The van der Waals surface area contributed by atoms with Gasteiger partial charge in [-0.2, -0.15) is 13.5 Å². The highest BCUT2D eigenvalue weighted by Gasteiger charge is 2.31. The average Bonchev–Trinajstić information content (AvgIpc) is 2.77. The van der Waals surface area contributed by atoms with Gasteiger partial charge in [0.15, 0.2) is 0 Å². The van der Waals surface area contributed by atoms with Gasteiger partial charge < -0.3 is 10.6 Å². The van der Waals surface area contributed by atoms with Gasteiger partial charge in [-0.25, -0.2) is 8.42 Å². The number of hydrogen-bond acceptors (Lipinski definition) is 5. The fourth-order valence-electron chi connectivity index (χ4n) is 3.56. The van der Waals surface area contributed by atoms with Gasteiger partial charge in [0.1, 0.15) is 6.04 Å². The van der Waals surface area contributed by atoms with Crippen LogP contribution in [0.3, 0.4) is 0 Å². The van der Waals surface area contributed by atoms with Crippen LogP contribution in [-0.4, -0.2) is 49.9 Å². The predicted molar refractivity (Wildman–Crippen MR) is 120 cm³/mol. The van der Waals surface area contributed by atoms with E-state index >= 15 is 0 Å². The summed E-state index contributed by atoms with van der Waals surface area (Å²) in [5.41, 5.74) is 7.48. The van der Waals surface area contributed by atoms with E-state index in [-0.39, 0.29) is 55.4 Å². The maximum absolute atomic E-state index is 13.1. The molecule has 3 N–H and O–H groups in total. The normalized spacial score (nSPS) is 15.1. The molecule has 1 saturated heterocycles. The van der Waals surface area contributed by atoms with E-state index in [1.54, 1.807) is 43.5 Å². The van der Waals surface area contributed by atoms with E-state index in [0.717, 1.165) is 0 Å². The van der Waals surface area contributed by atoms with E-state index in [4.69, 9.17) is 5.73 Å². The Morgan fingerprint density at radius 2 is 1.88 bits per heavy atom. The molecular weight excluding hydrogens is 462 g/mol. The van der Waals surface area contributed by atoms with E-state index in [2.05, 4.69) is 9.71 Å². The molecule has 1 aromatic heterocycles. The number of rotatable bonds is 6. The monoisotopic (exact) mass is 486 g/mol. The Hall–Kier alpha value is -2.40. The molecule has 0 aliphatic carbocycles. The summed E-state index contributed by atoms with van der Waals surface area (Å²) in [6.07, 6.45) is 0.0179. The molecule has 0 unspecified atom stereocenters. The summed E-state index contributed by atoms with van der Waals surface area (Å²) in [7, 11) is -4.08. The van der Waals surface area contributed by atoms with Gasteiger partial charge in [0.25, 0.3) is 6.08 Å². The van der Waals surface area contributed by atoms with Crippen LogP contribution in [0.2, 0.25) is 0 Å². The molecule has 0 spiro atoms. The highest BCUT2D eigenvalue weighted by atomic mass is 35.5. The summed E-state index contributed by atoms with van der Waals surface area (Å²) in [5, 5.41) is 0. The molecule has 1 fully saturated rings. The molecule has 2 heterocycles. The van der Waals surface area contributed by atoms with Crippen LogP contribution in [-0.2, 0) is 14.8 Å². The fraction of sp³-hybridized carbons (Fsp3) is 0.333. The van der Waals surface area contributed by atoms with Crippen molar-refractivity contribution in [2.45, 2.75) is 30.7 Å². The summed E-state index contributed by atoms with van der Waals surface area (Å²) in [6.45, 7) is 1.60. The second kappa shape index (κ2) is 11.0. The largest absolute Gasteiger partial charge is 0.341 e. The van der Waals surface area contributed by atoms with E-state index < -0.39 is 28.1 Å². The lowest BCUT2D eigenvalue weighted by molar-refractivity contribution is -0.133. The molecule has 1 aliphatic rings. The van der Waals surface area contributed by atoms with E-state index in [9.17, 15) is 22.0 Å². The van der Waals surface area contributed by atoms with Crippen molar-refractivity contribution in [2.24, 2.45) is 5.73 Å². The zero-order chi connectivity index (χ0) is 22.6. The number of amides is 1. The lowest BCUT2D eigenvalue weighted by atomic mass is 10.0. The van der Waals surface area contributed by atoms with Gasteiger partial charge in [-0.1, -0.05) is 18.2 Å². The Kier molecular flexibility index (Phi) is 8.85. The Labute approximate surface area is 192 Å². The summed E-state index contributed by atoms with van der Waals surface area (Å²) in [6, 6.07) is 8.98. The average molecular weight is 487 g/mol. The lowest BCUT2D eigenvalue weighted by Crippen LogP contribution is -2.53. The molecule has 1 aromatic carbocycles. The SMILES string of the molecule is Cc1c(-c2ccccn2)cccc1S(=O)(=O)N[C@@H](CN)C(=O)N1CCC(=C(F)F)CC1.Cl. The molecule has 7 nitrogen and oxygen atoms in total. The van der Waals surface area contributed by atoms with Crippen LogP contribution in [0.15, 0.2) is 59.1 Å². The Morgan fingerprint density at radius 1 is 1.19 bits per heavy atom. The number of benzene rings is 1. The van der Waals surface area contributed by atoms with Crippen molar-refractivity contribution in [1.29, 1.82) is 0 Å². The van der Waals surface area contributed by atoms with E-state index in [1.165, 1.54) is 11.0 Å². The molecule has 3 rings (SSSR count). The third kappa shape index (κ3) is 5.69. The van der Waals surface area contributed by atoms with Crippen LogP contribution >= 0.6 is 12.4 Å². The number of nitrogens with two attached hydrogens (primary N) is 1. The van der Waals surface area contributed by atoms with Crippen molar-refractivity contribution in [2.75, 3.05) is 19.6 Å². The van der Waals surface area contributed by atoms with Gasteiger partial charge in [0, 0.05) is 31.4 Å². The first-order valence-electron chi connectivity index (χ1n) is 9.80. The summed E-state index contributed by atoms with van der Waals surface area (Å²) in [4.78, 5) is 18.4. The molecule has 32 heavy (non-hydrogen) atoms. The van der Waals surface area contributed by atoms with Gasteiger partial charge in [-0.15, -0.1) is 12.4 Å². The molecular formula is C21H25ClF2N4O3S. The lowest BCUT2D eigenvalue weighted by Gasteiger charge is -2.31. The van der Waals surface area contributed by atoms with Gasteiger partial charge >= 0.3 is 0 Å². The molecule has 0 saturated carbocycles. The molecule has 1 atom stereocenters. The van der Waals surface area contributed by atoms with E-state index in [1.807, 2.05) is 0 Å². The summed E-state index contributed by atoms with van der Waals surface area (Å²) < 4.78 is 54.0. The van der Waals surface area contributed by atoms with Crippen LogP contribution in [0.5, 0.6) is 0 Å². The summed E-state index contributed by atoms with van der Waals surface area (Å²) >= 11 is 0. The maximum Gasteiger partial charge on any atom is 0.269 e. The number of aromatic nitrogens is 1. The first-order chi connectivity index (χ1) is 14.7. The van der Waals surface area contributed by atoms with Crippen molar-refractivity contribution in [1.82, 2.24) is 14.6 Å². The quantitative estimate of drug-likeness (QED) is 0.653. The number of nitrogens with zero attached hydrogens (tertiary/aromatic N) is 2. The third-order valence-electron chi connectivity index (χ3n) is 5.29. The standard InChI is InChI=1S/C21H24F2N4O3S.ClH/c1-14-16(17-6-2-3-10-25-17)5-4-7-19(14)31(29,30)26-18(13-24)21(28)27-11-8-15(9-12-27)20(22)23;/h2-7,10,18,26H,8-9,11-13,24H2,1H3;1H/t18-;/m0./s1. The maximum atomic E-state index is 13.1. The fourth-order valence-corrected chi connectivity index (χ4v) is 5.03. The number of nitrogens with one attached hydrogen (secondary N) is 1. The third-order valence-corrected chi connectivity index (χ3v) is 6.91. The molecule has 0 bridgehead atoms. The Balaban J connectivity index is 0.00000363. The van der Waals surface area contributed by atoms with E-state index in [0.29, 0.717) is 16.8 Å². The minimum atomic E-state index is -4.08. The number of sulfonamides is 1. The molecule has 0 radical (unpaired) electrons. The van der Waals surface area contributed by atoms with Gasteiger partial charge in [-0.05, 0) is 49.1 Å². The predicted octanol–water partition coefficient (Wildman–Crippen LogP) is 2.86. The van der Waals surface area contributed by atoms with Crippen molar-refractivity contribution >= 4 is 28.3 Å². The highest BCUT2D eigenvalue weighted by molar-refractivity contribution is 7.89. The van der Waals surface area contributed by atoms with Crippen LogP contribution in [0.4, 0.5) is 8.78 Å². The summed E-state index contributed by atoms with van der Waals surface area (Å²) in [5.74, 6) is -0.525. The topological polar surface area (TPSA) is 105 Å². The second-order valence-electron chi connectivity index (χ2n) is 7.24. The van der Waals surface area contributed by atoms with Crippen LogP contribution in [0.25, 0.3) is 11.3 Å². The first kappa shape index (κ1) is 25.9. The van der Waals surface area contributed by atoms with Crippen molar-refractivity contribution in [3.63, 3.8) is 0 Å². The number of likely N-dealkylation sites (tertiary alicyclic amines) is 1. The molecule has 11 heteroatoms. The van der Waals surface area contributed by atoms with Crippen molar-refractivity contribution < 1.29 is 22.0 Å². The zero-order valence-electron chi connectivity index (χ0n) is 17.4. The van der Waals surface area contributed by atoms with Crippen LogP contribution in [0.1, 0.15) is 18.4 Å². The number of halogens is 3. The van der Waals surface area contributed by atoms with Gasteiger partial charge in [-0.3, -0.25) is 9.78 Å². The number of pyridine rings is 1. The molecule has 174 valence electrons. The Bertz CT molecular complexity index is 1080. The molecule has 1 amide bonds. The number of piperidine rings is 1. The zero-order valence-corrected chi connectivity index (χ0v) is 19.1. The minimum absolute atomic E-state index is 0. The number of carbonyl (C=O) groups excluding carboxylic acids is 1. The molecule has 1 aliphatic heterocycles.